The lowest BCUT2D eigenvalue weighted by atomic mass is 10.0. The van der Waals surface area contributed by atoms with Crippen LogP contribution in [0.4, 0.5) is 0 Å². The van der Waals surface area contributed by atoms with Crippen molar-refractivity contribution in [3.63, 3.8) is 0 Å². The highest BCUT2D eigenvalue weighted by atomic mass is 35.5. The Kier molecular flexibility index (Phi) is 5.13. The van der Waals surface area contributed by atoms with Gasteiger partial charge in [0.25, 0.3) is 0 Å². The summed E-state index contributed by atoms with van der Waals surface area (Å²) in [6.07, 6.45) is 0. The average molecular weight is 333 g/mol. The predicted octanol–water partition coefficient (Wildman–Crippen LogP) is 3.42. The third-order valence-corrected chi connectivity index (χ3v) is 3.10. The molecule has 0 fully saturated rings. The Hall–Kier alpha value is -2.66. The van der Waals surface area contributed by atoms with Gasteiger partial charge in [0.1, 0.15) is 11.5 Å². The van der Waals surface area contributed by atoms with Crippen LogP contribution in [0.3, 0.4) is 0 Å². The smallest absolute Gasteiger partial charge is 0.308 e. The molecule has 2 rings (SSSR count). The first-order valence-corrected chi connectivity index (χ1v) is 7.06. The number of carbonyl (C=O) groups is 3. The van der Waals surface area contributed by atoms with E-state index in [0.717, 1.165) is 0 Å². The Balaban J connectivity index is 2.28. The third-order valence-electron chi connectivity index (χ3n) is 2.81. The van der Waals surface area contributed by atoms with Gasteiger partial charge in [-0.15, -0.1) is 0 Å². The first kappa shape index (κ1) is 16.7. The molecular weight excluding hydrogens is 320 g/mol. The molecule has 0 unspecified atom stereocenters. The van der Waals surface area contributed by atoms with Gasteiger partial charge in [0.2, 0.25) is 0 Å². The fourth-order valence-corrected chi connectivity index (χ4v) is 2.13. The Morgan fingerprint density at radius 3 is 2.13 bits per heavy atom. The van der Waals surface area contributed by atoms with Crippen molar-refractivity contribution in [1.29, 1.82) is 0 Å². The van der Waals surface area contributed by atoms with E-state index in [0.29, 0.717) is 11.1 Å². The van der Waals surface area contributed by atoms with Crippen molar-refractivity contribution in [2.24, 2.45) is 0 Å². The summed E-state index contributed by atoms with van der Waals surface area (Å²) >= 11 is 6.01. The second kappa shape index (κ2) is 7.07. The van der Waals surface area contributed by atoms with E-state index in [2.05, 4.69) is 0 Å². The largest absolute Gasteiger partial charge is 0.427 e. The van der Waals surface area contributed by atoms with Gasteiger partial charge in [-0.1, -0.05) is 23.7 Å². The number of hydrogen-bond donors (Lipinski definition) is 0. The second-order valence-corrected chi connectivity index (χ2v) is 5.10. The van der Waals surface area contributed by atoms with Crippen LogP contribution in [0.1, 0.15) is 29.8 Å². The summed E-state index contributed by atoms with van der Waals surface area (Å²) < 4.78 is 9.86. The number of halogens is 1. The highest BCUT2D eigenvalue weighted by Crippen LogP contribution is 2.27. The van der Waals surface area contributed by atoms with E-state index in [9.17, 15) is 14.4 Å². The summed E-state index contributed by atoms with van der Waals surface area (Å²) in [7, 11) is 0. The molecule has 0 aliphatic heterocycles. The number of carbonyl (C=O) groups excluding carboxylic acids is 3. The second-order valence-electron chi connectivity index (χ2n) is 4.69. The lowest BCUT2D eigenvalue weighted by Gasteiger charge is -2.07. The van der Waals surface area contributed by atoms with Gasteiger partial charge in [-0.05, 0) is 30.3 Å². The monoisotopic (exact) mass is 332 g/mol. The Morgan fingerprint density at radius 2 is 1.52 bits per heavy atom. The first-order chi connectivity index (χ1) is 10.9. The quantitative estimate of drug-likeness (QED) is 0.487. The first-order valence-electron chi connectivity index (χ1n) is 6.68. The molecule has 2 aromatic rings. The van der Waals surface area contributed by atoms with Gasteiger partial charge in [0, 0.05) is 25.0 Å². The van der Waals surface area contributed by atoms with Crippen molar-refractivity contribution in [2.75, 3.05) is 0 Å². The van der Waals surface area contributed by atoms with Gasteiger partial charge in [-0.2, -0.15) is 0 Å². The van der Waals surface area contributed by atoms with Crippen LogP contribution in [0, 0.1) is 0 Å². The summed E-state index contributed by atoms with van der Waals surface area (Å²) in [5.74, 6) is -0.797. The van der Waals surface area contributed by atoms with Crippen LogP contribution < -0.4 is 9.47 Å². The van der Waals surface area contributed by atoms with E-state index in [4.69, 9.17) is 21.1 Å². The van der Waals surface area contributed by atoms with E-state index in [1.165, 1.54) is 38.1 Å². The highest BCUT2D eigenvalue weighted by Gasteiger charge is 2.13. The molecule has 0 saturated heterocycles. The number of esters is 2. The van der Waals surface area contributed by atoms with E-state index in [1.807, 2.05) is 0 Å². The summed E-state index contributed by atoms with van der Waals surface area (Å²) in [6.45, 7) is 2.54. The summed E-state index contributed by atoms with van der Waals surface area (Å²) in [4.78, 5) is 34.4. The van der Waals surface area contributed by atoms with Crippen LogP contribution in [0.15, 0.2) is 42.5 Å². The molecule has 0 amide bonds. The molecule has 0 radical (unpaired) electrons. The predicted molar refractivity (Wildman–Crippen MR) is 83.9 cm³/mol. The molecule has 0 bridgehead atoms. The number of ketones is 1. The zero-order chi connectivity index (χ0) is 17.0. The van der Waals surface area contributed by atoms with Crippen LogP contribution in [0.25, 0.3) is 0 Å². The van der Waals surface area contributed by atoms with Gasteiger partial charge < -0.3 is 9.47 Å². The van der Waals surface area contributed by atoms with Crippen molar-refractivity contribution < 1.29 is 23.9 Å². The molecule has 0 spiro atoms. The number of benzene rings is 2. The standard InChI is InChI=1S/C17H13ClO5/c1-10(19)22-14-5-3-4-12(8-14)17(21)13-6-7-16(15(18)9-13)23-11(2)20/h3-9H,1-2H3. The molecule has 0 atom stereocenters. The summed E-state index contributed by atoms with van der Waals surface area (Å²) in [6, 6.07) is 10.6. The van der Waals surface area contributed by atoms with E-state index >= 15 is 0 Å². The SMILES string of the molecule is CC(=O)Oc1cccc(C(=O)c2ccc(OC(C)=O)c(Cl)c2)c1. The molecule has 0 heterocycles. The number of hydrogen-bond acceptors (Lipinski definition) is 5. The van der Waals surface area contributed by atoms with E-state index < -0.39 is 11.9 Å². The zero-order valence-electron chi connectivity index (χ0n) is 12.5. The molecule has 0 N–H and O–H groups in total. The average Bonchev–Trinajstić information content (AvgIpc) is 2.48. The number of ether oxygens (including phenoxy) is 2. The Labute approximate surface area is 137 Å². The van der Waals surface area contributed by atoms with Gasteiger partial charge in [0.05, 0.1) is 5.02 Å². The molecule has 0 aromatic heterocycles. The van der Waals surface area contributed by atoms with Crippen molar-refractivity contribution >= 4 is 29.3 Å². The van der Waals surface area contributed by atoms with Gasteiger partial charge in [0.15, 0.2) is 5.78 Å². The fourth-order valence-electron chi connectivity index (χ4n) is 1.91. The molecule has 118 valence electrons. The lowest BCUT2D eigenvalue weighted by molar-refractivity contribution is -0.132. The maximum absolute atomic E-state index is 12.5. The van der Waals surface area contributed by atoms with Crippen molar-refractivity contribution in [1.82, 2.24) is 0 Å². The molecule has 23 heavy (non-hydrogen) atoms. The van der Waals surface area contributed by atoms with Gasteiger partial charge in [-0.3, -0.25) is 14.4 Å². The van der Waals surface area contributed by atoms with Crippen molar-refractivity contribution in [3.8, 4) is 11.5 Å². The minimum Gasteiger partial charge on any atom is -0.427 e. The highest BCUT2D eigenvalue weighted by molar-refractivity contribution is 6.32. The third kappa shape index (κ3) is 4.40. The minimum atomic E-state index is -0.500. The molecular formula is C17H13ClO5. The summed E-state index contributed by atoms with van der Waals surface area (Å²) in [5.41, 5.74) is 0.672. The molecule has 5 nitrogen and oxygen atoms in total. The van der Waals surface area contributed by atoms with E-state index in [1.54, 1.807) is 18.2 Å². The normalized spacial score (nSPS) is 10.0. The Morgan fingerprint density at radius 1 is 0.870 bits per heavy atom. The zero-order valence-corrected chi connectivity index (χ0v) is 13.2. The molecule has 2 aromatic carbocycles. The molecule has 0 aliphatic rings. The Bertz CT molecular complexity index is 782. The van der Waals surface area contributed by atoms with Crippen LogP contribution in [0.5, 0.6) is 11.5 Å². The van der Waals surface area contributed by atoms with Crippen molar-refractivity contribution in [2.45, 2.75) is 13.8 Å². The minimum absolute atomic E-state index is 0.155. The van der Waals surface area contributed by atoms with Crippen LogP contribution in [-0.4, -0.2) is 17.7 Å². The van der Waals surface area contributed by atoms with Crippen molar-refractivity contribution in [3.05, 3.63) is 58.6 Å². The van der Waals surface area contributed by atoms with Crippen LogP contribution in [-0.2, 0) is 9.59 Å². The maximum Gasteiger partial charge on any atom is 0.308 e. The topological polar surface area (TPSA) is 69.7 Å². The van der Waals surface area contributed by atoms with Gasteiger partial charge in [-0.25, -0.2) is 0 Å². The van der Waals surface area contributed by atoms with Crippen LogP contribution in [0.2, 0.25) is 5.02 Å². The van der Waals surface area contributed by atoms with Crippen LogP contribution >= 0.6 is 11.6 Å². The fraction of sp³-hybridized carbons (Fsp3) is 0.118. The van der Waals surface area contributed by atoms with Gasteiger partial charge >= 0.3 is 11.9 Å². The number of rotatable bonds is 4. The molecule has 6 heteroatoms. The molecule has 0 aliphatic carbocycles. The lowest BCUT2D eigenvalue weighted by Crippen LogP contribution is -2.06. The van der Waals surface area contributed by atoms with E-state index in [-0.39, 0.29) is 22.3 Å². The maximum atomic E-state index is 12.5. The summed E-state index contributed by atoms with van der Waals surface area (Å²) in [5, 5.41) is 0.155. The molecule has 0 saturated carbocycles.